The summed E-state index contributed by atoms with van der Waals surface area (Å²) in [6.07, 6.45) is 8.69. The zero-order valence-corrected chi connectivity index (χ0v) is 14.0. The minimum absolute atomic E-state index is 0.0578. The van der Waals surface area contributed by atoms with Gasteiger partial charge >= 0.3 is 0 Å². The van der Waals surface area contributed by atoms with Gasteiger partial charge in [0.25, 0.3) is 0 Å². The third-order valence-electron chi connectivity index (χ3n) is 7.76. The zero-order chi connectivity index (χ0) is 16.4. The van der Waals surface area contributed by atoms with Gasteiger partial charge in [0.15, 0.2) is 11.5 Å². The van der Waals surface area contributed by atoms with E-state index in [0.717, 1.165) is 49.5 Å². The van der Waals surface area contributed by atoms with E-state index >= 15 is 0 Å². The van der Waals surface area contributed by atoms with Gasteiger partial charge < -0.3 is 14.4 Å². The number of benzene rings is 1. The fourth-order valence-corrected chi connectivity index (χ4v) is 7.15. The third kappa shape index (κ3) is 1.25. The van der Waals surface area contributed by atoms with Crippen LogP contribution in [0.2, 0.25) is 0 Å². The van der Waals surface area contributed by atoms with Crippen LogP contribution in [0.5, 0.6) is 11.5 Å². The molecule has 0 aromatic heterocycles. The number of rotatable bonds is 0. The van der Waals surface area contributed by atoms with Crippen molar-refractivity contribution in [3.63, 3.8) is 0 Å². The molecule has 1 saturated carbocycles. The molecule has 4 atom stereocenters. The van der Waals surface area contributed by atoms with Crippen LogP contribution in [0, 0.1) is 5.41 Å². The number of piperidine rings is 2. The Balaban J connectivity index is 1.52. The first-order valence-corrected chi connectivity index (χ1v) is 9.41. The molecule has 7 rings (SSSR count). The highest BCUT2D eigenvalue weighted by Gasteiger charge is 2.73. The summed E-state index contributed by atoms with van der Waals surface area (Å²) in [6, 6.07) is 4.69. The molecule has 5 nitrogen and oxygen atoms in total. The molecule has 0 radical (unpaired) electrons. The summed E-state index contributed by atoms with van der Waals surface area (Å²) < 4.78 is 11.3. The molecule has 0 unspecified atom stereocenters. The van der Waals surface area contributed by atoms with Gasteiger partial charge in [-0.25, -0.2) is 0 Å². The molecule has 2 saturated heterocycles. The number of hydrogen-bond acceptors (Lipinski definition) is 4. The maximum atomic E-state index is 13.3. The van der Waals surface area contributed by atoms with E-state index in [9.17, 15) is 4.79 Å². The lowest BCUT2D eigenvalue weighted by Gasteiger charge is -2.59. The highest BCUT2D eigenvalue weighted by atomic mass is 16.7. The van der Waals surface area contributed by atoms with Crippen molar-refractivity contribution in [1.29, 1.82) is 0 Å². The molecule has 5 aliphatic heterocycles. The first kappa shape index (κ1) is 13.2. The van der Waals surface area contributed by atoms with Crippen LogP contribution in [0.3, 0.4) is 0 Å². The van der Waals surface area contributed by atoms with Gasteiger partial charge in [-0.2, -0.15) is 0 Å². The van der Waals surface area contributed by atoms with Crippen molar-refractivity contribution in [3.05, 3.63) is 29.8 Å². The molecule has 2 bridgehead atoms. The van der Waals surface area contributed by atoms with Gasteiger partial charge in [-0.3, -0.25) is 9.69 Å². The van der Waals surface area contributed by atoms with E-state index in [-0.39, 0.29) is 17.7 Å². The minimum Gasteiger partial charge on any atom is -0.454 e. The molecule has 25 heavy (non-hydrogen) atoms. The summed E-state index contributed by atoms with van der Waals surface area (Å²) in [6.45, 7) is 2.44. The van der Waals surface area contributed by atoms with Crippen LogP contribution in [0.4, 0.5) is 5.69 Å². The molecule has 1 amide bonds. The van der Waals surface area contributed by atoms with Crippen LogP contribution in [0.15, 0.2) is 24.3 Å². The second-order valence-corrected chi connectivity index (χ2v) is 8.54. The maximum Gasteiger partial charge on any atom is 0.231 e. The average molecular weight is 336 g/mol. The number of anilines is 1. The molecule has 1 aliphatic carbocycles. The molecular formula is C20H20N2O3. The number of carbonyl (C=O) groups is 1. The normalized spacial score (nSPS) is 41.9. The molecule has 6 aliphatic rings. The van der Waals surface area contributed by atoms with Gasteiger partial charge in [-0.05, 0) is 37.4 Å². The molecule has 1 aromatic rings. The van der Waals surface area contributed by atoms with Gasteiger partial charge in [-0.15, -0.1) is 0 Å². The third-order valence-corrected chi connectivity index (χ3v) is 7.76. The SMILES string of the molecule is O=C1C[C@]23C=CCN4CC[C@H]5c6cc7c(cc6N1[C@]5(CC2)[C@H]43)OCO7. The first-order chi connectivity index (χ1) is 12.2. The number of ether oxygens (including phenoxy) is 2. The Morgan fingerprint density at radius 2 is 2.04 bits per heavy atom. The predicted molar refractivity (Wildman–Crippen MR) is 90.9 cm³/mol. The van der Waals surface area contributed by atoms with E-state index in [2.05, 4.69) is 34.1 Å². The van der Waals surface area contributed by atoms with E-state index in [1.807, 2.05) is 0 Å². The summed E-state index contributed by atoms with van der Waals surface area (Å²) in [5.74, 6) is 2.36. The Hall–Kier alpha value is -2.01. The van der Waals surface area contributed by atoms with Crippen LogP contribution >= 0.6 is 0 Å². The smallest absolute Gasteiger partial charge is 0.231 e. The lowest BCUT2D eigenvalue weighted by atomic mass is 9.63. The average Bonchev–Trinajstić information content (AvgIpc) is 3.25. The quantitative estimate of drug-likeness (QED) is 0.683. The van der Waals surface area contributed by atoms with Crippen molar-refractivity contribution in [2.24, 2.45) is 5.41 Å². The van der Waals surface area contributed by atoms with E-state index in [4.69, 9.17) is 9.47 Å². The van der Waals surface area contributed by atoms with Crippen molar-refractivity contribution in [2.45, 2.75) is 43.2 Å². The van der Waals surface area contributed by atoms with Crippen LogP contribution in [0.1, 0.15) is 37.2 Å². The summed E-state index contributed by atoms with van der Waals surface area (Å²) >= 11 is 0. The highest BCUT2D eigenvalue weighted by molar-refractivity contribution is 6.01. The lowest BCUT2D eigenvalue weighted by molar-refractivity contribution is -0.127. The second kappa shape index (κ2) is 3.88. The molecule has 0 N–H and O–H groups in total. The van der Waals surface area contributed by atoms with Gasteiger partial charge in [0, 0.05) is 36.4 Å². The van der Waals surface area contributed by atoms with Crippen molar-refractivity contribution < 1.29 is 14.3 Å². The molecule has 1 aromatic carbocycles. The number of hydrogen-bond donors (Lipinski definition) is 0. The van der Waals surface area contributed by atoms with Crippen LogP contribution in [-0.2, 0) is 4.79 Å². The standard InChI is InChI=1S/C20H20N2O3/c23-17-10-19-3-1-6-21-7-2-13-12-8-15-16(25-11-24-15)9-14(12)22(17)20(13,5-4-19)18(19)21/h1,3,8-9,13,18H,2,4-7,10-11H2/t13-,18+,19-,20-/m0/s1. The highest BCUT2D eigenvalue weighted by Crippen LogP contribution is 2.69. The van der Waals surface area contributed by atoms with Gasteiger partial charge in [-0.1, -0.05) is 12.2 Å². The Morgan fingerprint density at radius 1 is 1.16 bits per heavy atom. The summed E-state index contributed by atoms with van der Waals surface area (Å²) in [7, 11) is 0. The number of carbonyl (C=O) groups excluding carboxylic acids is 1. The molecule has 5 heteroatoms. The number of nitrogens with zero attached hydrogens (tertiary/aromatic N) is 2. The second-order valence-electron chi connectivity index (χ2n) is 8.54. The number of fused-ring (bicyclic) bond motifs is 4. The van der Waals surface area contributed by atoms with Crippen molar-refractivity contribution in [2.75, 3.05) is 24.8 Å². The summed E-state index contributed by atoms with van der Waals surface area (Å²) in [5.41, 5.74) is 2.40. The molecule has 3 fully saturated rings. The van der Waals surface area contributed by atoms with Crippen molar-refractivity contribution in [3.8, 4) is 11.5 Å². The van der Waals surface area contributed by atoms with Crippen molar-refractivity contribution in [1.82, 2.24) is 4.90 Å². The molecule has 5 heterocycles. The van der Waals surface area contributed by atoms with Crippen LogP contribution < -0.4 is 14.4 Å². The topological polar surface area (TPSA) is 42.0 Å². The minimum atomic E-state index is -0.0598. The fraction of sp³-hybridized carbons (Fsp3) is 0.550. The summed E-state index contributed by atoms with van der Waals surface area (Å²) in [4.78, 5) is 18.2. The zero-order valence-electron chi connectivity index (χ0n) is 14.0. The summed E-state index contributed by atoms with van der Waals surface area (Å²) in [5, 5.41) is 0. The van der Waals surface area contributed by atoms with Gasteiger partial charge in [0.2, 0.25) is 12.7 Å². The van der Waals surface area contributed by atoms with Gasteiger partial charge in [0.1, 0.15) is 0 Å². The molecule has 1 spiro atoms. The maximum absolute atomic E-state index is 13.3. The largest absolute Gasteiger partial charge is 0.454 e. The van der Waals surface area contributed by atoms with E-state index in [0.29, 0.717) is 24.3 Å². The molecule has 128 valence electrons. The molecular weight excluding hydrogens is 316 g/mol. The first-order valence-electron chi connectivity index (χ1n) is 9.41. The Morgan fingerprint density at radius 3 is 2.96 bits per heavy atom. The predicted octanol–water partition coefficient (Wildman–Crippen LogP) is 2.41. The fourth-order valence-electron chi connectivity index (χ4n) is 7.15. The van der Waals surface area contributed by atoms with E-state index < -0.39 is 0 Å². The van der Waals surface area contributed by atoms with Crippen molar-refractivity contribution >= 4 is 11.6 Å². The number of amides is 1. The van der Waals surface area contributed by atoms with E-state index in [1.54, 1.807) is 0 Å². The van der Waals surface area contributed by atoms with E-state index in [1.165, 1.54) is 5.56 Å². The Bertz CT molecular complexity index is 880. The van der Waals surface area contributed by atoms with Crippen LogP contribution in [-0.4, -0.2) is 42.3 Å². The van der Waals surface area contributed by atoms with Crippen LogP contribution in [0.25, 0.3) is 0 Å². The van der Waals surface area contributed by atoms with Gasteiger partial charge in [0.05, 0.1) is 11.2 Å². The Labute approximate surface area is 146 Å². The Kier molecular flexibility index (Phi) is 2.05. The lowest BCUT2D eigenvalue weighted by Crippen LogP contribution is -2.72. The monoisotopic (exact) mass is 336 g/mol.